The minimum absolute atomic E-state index is 0.00555. The number of nitrogens with two attached hydrogens (primary N) is 1. The maximum Gasteiger partial charge on any atom is 0.243 e. The highest BCUT2D eigenvalue weighted by molar-refractivity contribution is 8.00. The first-order chi connectivity index (χ1) is 9.34. The fraction of sp³-hybridized carbons (Fsp3) is 0.462. The molecule has 0 radical (unpaired) electrons. The van der Waals surface area contributed by atoms with Crippen LogP contribution in [0.1, 0.15) is 19.4 Å². The molecule has 2 N–H and O–H groups in total. The van der Waals surface area contributed by atoms with Gasteiger partial charge in [-0.05, 0) is 19.1 Å². The number of nitrogens with zero attached hydrogens (tertiary/aromatic N) is 1. The quantitative estimate of drug-likeness (QED) is 0.857. The molecule has 2 atom stereocenters. The predicted molar refractivity (Wildman–Crippen MR) is 87.6 cm³/mol. The van der Waals surface area contributed by atoms with Crippen LogP contribution in [0.2, 0.25) is 0 Å². The van der Waals surface area contributed by atoms with Crippen molar-refractivity contribution in [2.75, 3.05) is 12.3 Å². The van der Waals surface area contributed by atoms with Gasteiger partial charge in [-0.3, -0.25) is 0 Å². The van der Waals surface area contributed by atoms with E-state index >= 15 is 0 Å². The van der Waals surface area contributed by atoms with Crippen LogP contribution in [0, 0.1) is 0 Å². The highest BCUT2D eigenvalue weighted by Crippen LogP contribution is 2.29. The average Bonchev–Trinajstić information content (AvgIpc) is 2.41. The summed E-state index contributed by atoms with van der Waals surface area (Å²) in [6.07, 6.45) is 0. The van der Waals surface area contributed by atoms with E-state index in [1.54, 1.807) is 28.6 Å². The SMILES string of the molecule is CC1SCCN(S(=O)(=O)c2ccc(C(N)=S)cc2)C1C. The van der Waals surface area contributed by atoms with Crippen molar-refractivity contribution in [2.45, 2.75) is 30.0 Å². The average molecular weight is 330 g/mol. The number of thiocarbonyl (C=S) groups is 1. The van der Waals surface area contributed by atoms with Crippen LogP contribution in [-0.4, -0.2) is 41.3 Å². The molecule has 0 spiro atoms. The second-order valence-electron chi connectivity index (χ2n) is 4.82. The van der Waals surface area contributed by atoms with Crippen molar-refractivity contribution in [3.05, 3.63) is 29.8 Å². The molecule has 1 aromatic carbocycles. The molecule has 0 aliphatic carbocycles. The first-order valence-electron chi connectivity index (χ1n) is 6.37. The van der Waals surface area contributed by atoms with Gasteiger partial charge in [-0.15, -0.1) is 0 Å². The molecule has 1 aliphatic heterocycles. The molecule has 1 heterocycles. The van der Waals surface area contributed by atoms with Crippen LogP contribution in [0.5, 0.6) is 0 Å². The summed E-state index contributed by atoms with van der Waals surface area (Å²) >= 11 is 6.68. The van der Waals surface area contributed by atoms with Crippen molar-refractivity contribution < 1.29 is 8.42 Å². The van der Waals surface area contributed by atoms with E-state index in [-0.39, 0.29) is 11.0 Å². The Morgan fingerprint density at radius 2 is 1.95 bits per heavy atom. The fourth-order valence-electron chi connectivity index (χ4n) is 2.17. The summed E-state index contributed by atoms with van der Waals surface area (Å²) in [7, 11) is -3.45. The van der Waals surface area contributed by atoms with Gasteiger partial charge in [0.2, 0.25) is 10.0 Å². The standard InChI is InChI=1S/C13H18N2O2S3/c1-9-10(2)19-8-7-15(9)20(16,17)12-5-3-11(4-6-12)13(14)18/h3-6,9-10H,7-8H2,1-2H3,(H2,14,18). The highest BCUT2D eigenvalue weighted by atomic mass is 32.2. The summed E-state index contributed by atoms with van der Waals surface area (Å²) in [6, 6.07) is 6.45. The van der Waals surface area contributed by atoms with Crippen LogP contribution in [0.4, 0.5) is 0 Å². The highest BCUT2D eigenvalue weighted by Gasteiger charge is 2.34. The number of hydrogen-bond acceptors (Lipinski definition) is 4. The second-order valence-corrected chi connectivity index (χ2v) is 8.64. The summed E-state index contributed by atoms with van der Waals surface area (Å²) in [5.74, 6) is 0.829. The minimum atomic E-state index is -3.45. The van der Waals surface area contributed by atoms with Crippen LogP contribution < -0.4 is 5.73 Å². The largest absolute Gasteiger partial charge is 0.389 e. The topological polar surface area (TPSA) is 63.4 Å². The first-order valence-corrected chi connectivity index (χ1v) is 9.27. The van der Waals surface area contributed by atoms with Crippen LogP contribution in [-0.2, 0) is 10.0 Å². The monoisotopic (exact) mass is 330 g/mol. The summed E-state index contributed by atoms with van der Waals surface area (Å²) in [5, 5.41) is 0.300. The molecule has 2 rings (SSSR count). The third-order valence-corrected chi connectivity index (χ3v) is 7.15. The van der Waals surface area contributed by atoms with Crippen molar-refractivity contribution in [1.29, 1.82) is 0 Å². The molecule has 0 saturated carbocycles. The zero-order chi connectivity index (χ0) is 14.9. The number of rotatable bonds is 3. The molecule has 0 aromatic heterocycles. The molecule has 110 valence electrons. The third kappa shape index (κ3) is 3.00. The first kappa shape index (κ1) is 15.8. The Morgan fingerprint density at radius 1 is 1.35 bits per heavy atom. The van der Waals surface area contributed by atoms with E-state index in [4.69, 9.17) is 18.0 Å². The molecule has 4 nitrogen and oxygen atoms in total. The van der Waals surface area contributed by atoms with Gasteiger partial charge < -0.3 is 5.73 Å². The molecule has 1 fully saturated rings. The van der Waals surface area contributed by atoms with Gasteiger partial charge in [0.1, 0.15) is 4.99 Å². The van der Waals surface area contributed by atoms with Gasteiger partial charge in [-0.2, -0.15) is 16.1 Å². The number of thioether (sulfide) groups is 1. The number of hydrogen-bond donors (Lipinski definition) is 1. The Bertz CT molecular complexity index is 599. The Hall–Kier alpha value is -0.630. The zero-order valence-electron chi connectivity index (χ0n) is 11.4. The van der Waals surface area contributed by atoms with Gasteiger partial charge in [0, 0.05) is 29.2 Å². The number of sulfonamides is 1. The molecule has 0 bridgehead atoms. The van der Waals surface area contributed by atoms with Crippen LogP contribution in [0.15, 0.2) is 29.2 Å². The normalized spacial score (nSPS) is 24.5. The molecule has 1 aliphatic rings. The smallest absolute Gasteiger partial charge is 0.243 e. The second kappa shape index (κ2) is 6.01. The Balaban J connectivity index is 2.32. The maximum absolute atomic E-state index is 12.7. The van der Waals surface area contributed by atoms with Gasteiger partial charge in [0.15, 0.2) is 0 Å². The lowest BCUT2D eigenvalue weighted by Gasteiger charge is -2.36. The third-order valence-electron chi connectivity index (χ3n) is 3.57. The lowest BCUT2D eigenvalue weighted by molar-refractivity contribution is 0.340. The summed E-state index contributed by atoms with van der Waals surface area (Å²) < 4.78 is 26.9. The number of benzene rings is 1. The van der Waals surface area contributed by atoms with Gasteiger partial charge in [0.25, 0.3) is 0 Å². The van der Waals surface area contributed by atoms with Gasteiger partial charge >= 0.3 is 0 Å². The van der Waals surface area contributed by atoms with E-state index in [0.717, 1.165) is 5.75 Å². The molecular formula is C13H18N2O2S3. The molecule has 2 unspecified atom stereocenters. The van der Waals surface area contributed by atoms with Gasteiger partial charge in [0.05, 0.1) is 4.90 Å². The van der Waals surface area contributed by atoms with Gasteiger partial charge in [-0.25, -0.2) is 8.42 Å². The molecule has 0 amide bonds. The van der Waals surface area contributed by atoms with Crippen LogP contribution in [0.3, 0.4) is 0 Å². The molecule has 7 heteroatoms. The minimum Gasteiger partial charge on any atom is -0.389 e. The predicted octanol–water partition coefficient (Wildman–Crippen LogP) is 1.84. The Labute approximate surface area is 129 Å². The Kier molecular flexibility index (Phi) is 4.73. The Morgan fingerprint density at radius 3 is 2.50 bits per heavy atom. The van der Waals surface area contributed by atoms with Crippen LogP contribution >= 0.6 is 24.0 Å². The van der Waals surface area contributed by atoms with E-state index in [1.807, 2.05) is 18.7 Å². The van der Waals surface area contributed by atoms with Crippen LogP contribution in [0.25, 0.3) is 0 Å². The van der Waals surface area contributed by atoms with E-state index in [2.05, 4.69) is 6.92 Å². The van der Waals surface area contributed by atoms with Gasteiger partial charge in [-0.1, -0.05) is 31.3 Å². The fourth-order valence-corrected chi connectivity index (χ4v) is 5.30. The van der Waals surface area contributed by atoms with Crippen molar-refractivity contribution in [3.63, 3.8) is 0 Å². The van der Waals surface area contributed by atoms with Crippen molar-refractivity contribution in [1.82, 2.24) is 4.31 Å². The summed E-state index contributed by atoms with van der Waals surface area (Å²) in [6.45, 7) is 4.57. The lowest BCUT2D eigenvalue weighted by atomic mass is 10.2. The van der Waals surface area contributed by atoms with Crippen molar-refractivity contribution >= 4 is 39.0 Å². The molecule has 1 aromatic rings. The van der Waals surface area contributed by atoms with Crippen molar-refractivity contribution in [3.8, 4) is 0 Å². The summed E-state index contributed by atoms with van der Waals surface area (Å²) in [4.78, 5) is 0.564. The van der Waals surface area contributed by atoms with E-state index in [1.165, 1.54) is 0 Å². The summed E-state index contributed by atoms with van der Waals surface area (Å²) in [5.41, 5.74) is 6.20. The van der Waals surface area contributed by atoms with E-state index < -0.39 is 10.0 Å². The van der Waals surface area contributed by atoms with E-state index in [0.29, 0.717) is 22.3 Å². The molecular weight excluding hydrogens is 312 g/mol. The molecule has 1 saturated heterocycles. The zero-order valence-corrected chi connectivity index (χ0v) is 13.9. The maximum atomic E-state index is 12.7. The molecule has 20 heavy (non-hydrogen) atoms. The lowest BCUT2D eigenvalue weighted by Crippen LogP contribution is -2.47. The van der Waals surface area contributed by atoms with Crippen molar-refractivity contribution in [2.24, 2.45) is 5.73 Å². The van der Waals surface area contributed by atoms with E-state index in [9.17, 15) is 8.42 Å².